The maximum atomic E-state index is 11.2. The minimum absolute atomic E-state index is 0.135. The molecule has 2 aromatic rings. The Labute approximate surface area is 191 Å². The summed E-state index contributed by atoms with van der Waals surface area (Å²) in [6.45, 7) is 3.10. The van der Waals surface area contributed by atoms with Gasteiger partial charge in [0.25, 0.3) is 0 Å². The molecular weight excluding hydrogens is 432 g/mol. The molecule has 2 fully saturated rings. The predicted octanol–water partition coefficient (Wildman–Crippen LogP) is 0.771. The molecule has 6 N–H and O–H groups in total. The molecule has 2 aliphatic rings. The number of benzene rings is 2. The van der Waals surface area contributed by atoms with Gasteiger partial charge in [-0.3, -0.25) is 0 Å². The van der Waals surface area contributed by atoms with E-state index < -0.39 is 55.1 Å². The van der Waals surface area contributed by atoms with Crippen molar-refractivity contribution in [3.63, 3.8) is 0 Å². The van der Waals surface area contributed by atoms with E-state index in [-0.39, 0.29) is 11.7 Å². The average molecular weight is 462 g/mol. The maximum Gasteiger partial charge on any atom is 0.229 e. The standard InChI is InChI=1S/C24H30O9/c1-12-21(33-22(24(12,2)30)14-3-7-15(26)8-4-14)13-5-9-16(10-6-13)31-23-20(29)19(28)18(27)17(11-25)32-23/h3-10,12,17-23,25-30H,11H2,1-2H3/t12-,17-,18-,19+,20-,21-,22-,23+,24+/m1/s1. The number of phenolic OH excluding ortho intramolecular Hbond substituents is 1. The predicted molar refractivity (Wildman–Crippen MR) is 115 cm³/mol. The van der Waals surface area contributed by atoms with Crippen LogP contribution >= 0.6 is 0 Å². The molecule has 9 heteroatoms. The Morgan fingerprint density at radius 1 is 0.879 bits per heavy atom. The Balaban J connectivity index is 1.48. The first kappa shape index (κ1) is 23.9. The van der Waals surface area contributed by atoms with Crippen molar-refractivity contribution < 1.29 is 44.8 Å². The van der Waals surface area contributed by atoms with E-state index in [4.69, 9.17) is 14.2 Å². The second-order valence-electron chi connectivity index (χ2n) is 8.93. The van der Waals surface area contributed by atoms with Crippen LogP contribution in [0.4, 0.5) is 0 Å². The molecule has 0 spiro atoms. The molecule has 0 aromatic heterocycles. The van der Waals surface area contributed by atoms with Crippen molar-refractivity contribution in [1.29, 1.82) is 0 Å². The number of ether oxygens (including phenoxy) is 3. The van der Waals surface area contributed by atoms with Gasteiger partial charge in [0, 0.05) is 5.92 Å². The van der Waals surface area contributed by atoms with Crippen molar-refractivity contribution in [3.05, 3.63) is 59.7 Å². The second-order valence-corrected chi connectivity index (χ2v) is 8.93. The Kier molecular flexibility index (Phi) is 6.66. The van der Waals surface area contributed by atoms with Crippen LogP contribution in [-0.4, -0.2) is 73.6 Å². The largest absolute Gasteiger partial charge is 0.508 e. The van der Waals surface area contributed by atoms with E-state index >= 15 is 0 Å². The van der Waals surface area contributed by atoms with Gasteiger partial charge in [-0.2, -0.15) is 0 Å². The van der Waals surface area contributed by atoms with Crippen molar-refractivity contribution >= 4 is 0 Å². The summed E-state index contributed by atoms with van der Waals surface area (Å²) in [7, 11) is 0. The summed E-state index contributed by atoms with van der Waals surface area (Å²) in [5, 5.41) is 60.0. The minimum atomic E-state index is -1.52. The van der Waals surface area contributed by atoms with Crippen molar-refractivity contribution in [3.8, 4) is 11.5 Å². The molecule has 0 saturated carbocycles. The molecule has 2 saturated heterocycles. The fourth-order valence-corrected chi connectivity index (χ4v) is 4.41. The van der Waals surface area contributed by atoms with E-state index in [0.29, 0.717) is 5.75 Å². The minimum Gasteiger partial charge on any atom is -0.508 e. The normalized spacial score (nSPS) is 38.9. The lowest BCUT2D eigenvalue weighted by Crippen LogP contribution is -2.60. The van der Waals surface area contributed by atoms with Crippen molar-refractivity contribution in [2.75, 3.05) is 6.61 Å². The fourth-order valence-electron chi connectivity index (χ4n) is 4.41. The lowest BCUT2D eigenvalue weighted by molar-refractivity contribution is -0.277. The zero-order chi connectivity index (χ0) is 23.9. The highest BCUT2D eigenvalue weighted by molar-refractivity contribution is 5.33. The van der Waals surface area contributed by atoms with Crippen LogP contribution in [0.1, 0.15) is 37.2 Å². The molecule has 0 amide bonds. The summed E-state index contributed by atoms with van der Waals surface area (Å²) in [5.74, 6) is 0.236. The van der Waals surface area contributed by atoms with Crippen LogP contribution in [0.25, 0.3) is 0 Å². The summed E-state index contributed by atoms with van der Waals surface area (Å²) in [5.41, 5.74) is 0.424. The van der Waals surface area contributed by atoms with Gasteiger partial charge in [0.1, 0.15) is 42.0 Å². The van der Waals surface area contributed by atoms with E-state index in [9.17, 15) is 30.6 Å². The van der Waals surface area contributed by atoms with E-state index in [1.807, 2.05) is 6.92 Å². The third kappa shape index (κ3) is 4.45. The van der Waals surface area contributed by atoms with E-state index in [1.165, 1.54) is 0 Å². The summed E-state index contributed by atoms with van der Waals surface area (Å²) >= 11 is 0. The summed E-state index contributed by atoms with van der Waals surface area (Å²) in [6, 6.07) is 13.4. The third-order valence-electron chi connectivity index (χ3n) is 6.69. The first-order valence-corrected chi connectivity index (χ1v) is 10.9. The zero-order valence-electron chi connectivity index (χ0n) is 18.4. The Morgan fingerprint density at radius 2 is 1.48 bits per heavy atom. The lowest BCUT2D eigenvalue weighted by Gasteiger charge is -2.39. The molecule has 0 bridgehead atoms. The van der Waals surface area contributed by atoms with Crippen LogP contribution in [-0.2, 0) is 9.47 Å². The van der Waals surface area contributed by atoms with Crippen LogP contribution in [0.5, 0.6) is 11.5 Å². The number of hydrogen-bond acceptors (Lipinski definition) is 9. The van der Waals surface area contributed by atoms with Gasteiger partial charge in [-0.1, -0.05) is 31.2 Å². The van der Waals surface area contributed by atoms with Crippen LogP contribution < -0.4 is 4.74 Å². The molecular formula is C24H30O9. The first-order valence-electron chi connectivity index (χ1n) is 10.9. The smallest absolute Gasteiger partial charge is 0.229 e. The zero-order valence-corrected chi connectivity index (χ0v) is 18.4. The van der Waals surface area contributed by atoms with Gasteiger partial charge < -0.3 is 44.8 Å². The Morgan fingerprint density at radius 3 is 2.09 bits per heavy atom. The summed E-state index contributed by atoms with van der Waals surface area (Å²) in [6.07, 6.45) is -7.79. The Hall–Kier alpha value is -2.24. The highest BCUT2D eigenvalue weighted by atomic mass is 16.7. The number of aliphatic hydroxyl groups excluding tert-OH is 4. The summed E-state index contributed by atoms with van der Waals surface area (Å²) < 4.78 is 17.2. The SMILES string of the molecule is C[C@@H]1[C@H](c2ccc(O[C@H]3O[C@H](CO)[C@@H](O)[C@H](O)[C@H]3O)cc2)O[C@H](c2ccc(O)cc2)[C@@]1(C)O. The number of aliphatic hydroxyl groups is 5. The van der Waals surface area contributed by atoms with Crippen LogP contribution in [0.2, 0.25) is 0 Å². The number of rotatable bonds is 5. The second kappa shape index (κ2) is 9.19. The molecule has 0 radical (unpaired) electrons. The maximum absolute atomic E-state index is 11.2. The van der Waals surface area contributed by atoms with Crippen LogP contribution in [0, 0.1) is 5.92 Å². The number of hydrogen-bond donors (Lipinski definition) is 6. The lowest BCUT2D eigenvalue weighted by atomic mass is 9.81. The molecule has 9 nitrogen and oxygen atoms in total. The Bertz CT molecular complexity index is 928. The van der Waals surface area contributed by atoms with Crippen molar-refractivity contribution in [2.45, 2.75) is 62.4 Å². The van der Waals surface area contributed by atoms with Crippen LogP contribution in [0.15, 0.2) is 48.5 Å². The van der Waals surface area contributed by atoms with E-state index in [1.54, 1.807) is 55.5 Å². The molecule has 2 heterocycles. The van der Waals surface area contributed by atoms with Crippen molar-refractivity contribution in [1.82, 2.24) is 0 Å². The quantitative estimate of drug-likeness (QED) is 0.379. The van der Waals surface area contributed by atoms with Gasteiger partial charge in [-0.25, -0.2) is 0 Å². The first-order chi connectivity index (χ1) is 15.6. The molecule has 2 aliphatic heterocycles. The average Bonchev–Trinajstić information content (AvgIpc) is 3.04. The highest BCUT2D eigenvalue weighted by Gasteiger charge is 2.51. The molecule has 0 aliphatic carbocycles. The monoisotopic (exact) mass is 462 g/mol. The molecule has 9 atom stereocenters. The van der Waals surface area contributed by atoms with Gasteiger partial charge in [0.15, 0.2) is 0 Å². The van der Waals surface area contributed by atoms with Crippen molar-refractivity contribution in [2.24, 2.45) is 5.92 Å². The van der Waals surface area contributed by atoms with Gasteiger partial charge in [-0.15, -0.1) is 0 Å². The summed E-state index contributed by atoms with van der Waals surface area (Å²) in [4.78, 5) is 0. The van der Waals surface area contributed by atoms with Gasteiger partial charge in [0.05, 0.1) is 18.3 Å². The van der Waals surface area contributed by atoms with Gasteiger partial charge in [-0.05, 0) is 42.3 Å². The van der Waals surface area contributed by atoms with Gasteiger partial charge >= 0.3 is 0 Å². The van der Waals surface area contributed by atoms with E-state index in [2.05, 4.69) is 0 Å². The van der Waals surface area contributed by atoms with Gasteiger partial charge in [0.2, 0.25) is 6.29 Å². The molecule has 0 unspecified atom stereocenters. The molecule has 4 rings (SSSR count). The molecule has 180 valence electrons. The van der Waals surface area contributed by atoms with E-state index in [0.717, 1.165) is 11.1 Å². The number of phenols is 1. The molecule has 2 aromatic carbocycles. The highest BCUT2D eigenvalue weighted by Crippen LogP contribution is 2.51. The fraction of sp³-hybridized carbons (Fsp3) is 0.500. The molecule has 33 heavy (non-hydrogen) atoms. The number of aromatic hydroxyl groups is 1. The topological polar surface area (TPSA) is 149 Å². The van der Waals surface area contributed by atoms with Crippen LogP contribution in [0.3, 0.4) is 0 Å². The third-order valence-corrected chi connectivity index (χ3v) is 6.69.